The van der Waals surface area contributed by atoms with E-state index in [1.807, 2.05) is 71.4 Å². The molecule has 7 aromatic carbocycles. The zero-order valence-corrected chi connectivity index (χ0v) is 43.8. The smallest absolute Gasteiger partial charge is 0.149 e. The Morgan fingerprint density at radius 2 is 1.13 bits per heavy atom. The lowest BCUT2D eigenvalue weighted by atomic mass is 9.83. The van der Waals surface area contributed by atoms with Crippen molar-refractivity contribution in [2.24, 2.45) is 0 Å². The Morgan fingerprint density at radius 3 is 1.73 bits per heavy atom. The average molecular weight is 939 g/mol. The van der Waals surface area contributed by atoms with Crippen LogP contribution in [0.5, 0.6) is 5.75 Å². The number of phenolic OH excluding ortho intramolecular Hbond substituents is 1. The number of benzene rings is 7. The number of aryl methyl sites for hydroxylation is 1. The molecule has 4 nitrogen and oxygen atoms in total. The van der Waals surface area contributed by atoms with Crippen LogP contribution in [0.3, 0.4) is 0 Å². The summed E-state index contributed by atoms with van der Waals surface area (Å²) in [6, 6.07) is 51.1. The van der Waals surface area contributed by atoms with Gasteiger partial charge in [-0.1, -0.05) is 193 Å². The molecule has 0 saturated heterocycles. The molecule has 0 radical (unpaired) electrons. The molecular formula is C67H71N3O. The minimum absolute atomic E-state index is 0.0329. The fourth-order valence-electron chi connectivity index (χ4n) is 9.54. The Labute approximate surface area is 430 Å². The third-order valence-corrected chi connectivity index (χ3v) is 13.9. The molecule has 2 aromatic heterocycles. The molecule has 0 bridgehead atoms. The van der Waals surface area contributed by atoms with Gasteiger partial charge in [0, 0.05) is 29.7 Å². The van der Waals surface area contributed by atoms with Gasteiger partial charge in [-0.15, -0.1) is 0 Å². The SMILES string of the molecule is [2H]C([2H])([2H])c1cc(-n2c(-c3cc(C([2H])(C)C)cc(C([2H])(C)C)c3O)nc3c(-c4cc(-c5cc(-c6ccc(C(C)(C)C)cc6)ccn5)cc(C(C)(C)C)c4)cccc32)c(-c2ccccc2)cc1-c1ccc(C(C)(C)C)cc1. The predicted molar refractivity (Wildman–Crippen MR) is 302 cm³/mol. The number of aromatic hydroxyl groups is 1. The van der Waals surface area contributed by atoms with Crippen molar-refractivity contribution >= 4 is 11.0 Å². The largest absolute Gasteiger partial charge is 0.507 e. The number of hydrogen-bond acceptors (Lipinski definition) is 3. The minimum atomic E-state index is -2.55. The zero-order chi connectivity index (χ0) is 55.1. The molecule has 0 saturated carbocycles. The second-order valence-electron chi connectivity index (χ2n) is 22.8. The van der Waals surface area contributed by atoms with Gasteiger partial charge in [-0.2, -0.15) is 0 Å². The topological polar surface area (TPSA) is 50.9 Å². The van der Waals surface area contributed by atoms with Crippen molar-refractivity contribution in [3.8, 4) is 78.6 Å². The van der Waals surface area contributed by atoms with E-state index in [2.05, 4.69) is 135 Å². The molecule has 4 heteroatoms. The van der Waals surface area contributed by atoms with Crippen molar-refractivity contribution in [2.45, 2.75) is 125 Å². The lowest BCUT2D eigenvalue weighted by Gasteiger charge is -2.22. The molecule has 2 heterocycles. The molecule has 9 rings (SSSR count). The lowest BCUT2D eigenvalue weighted by Crippen LogP contribution is -2.11. The fraction of sp³-hybridized carbons (Fsp3) is 0.284. The fourth-order valence-corrected chi connectivity index (χ4v) is 9.54. The number of imidazole rings is 1. The number of hydrogen-bond donors (Lipinski definition) is 1. The Bertz CT molecular complexity index is 3630. The summed E-state index contributed by atoms with van der Waals surface area (Å²) in [6.45, 7) is 24.2. The third-order valence-electron chi connectivity index (χ3n) is 13.9. The molecule has 360 valence electrons. The van der Waals surface area contributed by atoms with Gasteiger partial charge in [0.15, 0.2) is 0 Å². The van der Waals surface area contributed by atoms with E-state index in [-0.39, 0.29) is 27.6 Å². The molecular weight excluding hydrogens is 863 g/mol. The first kappa shape index (κ1) is 42.8. The highest BCUT2D eigenvalue weighted by Gasteiger charge is 2.27. The highest BCUT2D eigenvalue weighted by atomic mass is 16.3. The molecule has 71 heavy (non-hydrogen) atoms. The maximum Gasteiger partial charge on any atom is 0.149 e. The van der Waals surface area contributed by atoms with Crippen LogP contribution in [0.4, 0.5) is 0 Å². The second-order valence-corrected chi connectivity index (χ2v) is 22.8. The van der Waals surface area contributed by atoms with Crippen molar-refractivity contribution in [2.75, 3.05) is 0 Å². The summed E-state index contributed by atoms with van der Waals surface area (Å²) in [4.78, 5) is 10.5. The number of para-hydroxylation sites is 1. The predicted octanol–water partition coefficient (Wildman–Crippen LogP) is 18.6. The van der Waals surface area contributed by atoms with Gasteiger partial charge in [0.1, 0.15) is 11.6 Å². The quantitative estimate of drug-likeness (QED) is 0.157. The Balaban J connectivity index is 1.37. The summed E-state index contributed by atoms with van der Waals surface area (Å²) in [5.41, 5.74) is 15.1. The van der Waals surface area contributed by atoms with Gasteiger partial charge in [-0.3, -0.25) is 9.55 Å². The van der Waals surface area contributed by atoms with Crippen LogP contribution in [0.25, 0.3) is 83.9 Å². The van der Waals surface area contributed by atoms with E-state index in [0.29, 0.717) is 44.8 Å². The highest BCUT2D eigenvalue weighted by Crippen LogP contribution is 2.46. The van der Waals surface area contributed by atoms with Crippen molar-refractivity contribution in [3.05, 3.63) is 191 Å². The van der Waals surface area contributed by atoms with E-state index in [4.69, 9.17) is 14.1 Å². The first-order valence-electron chi connectivity index (χ1n) is 27.4. The monoisotopic (exact) mass is 939 g/mol. The van der Waals surface area contributed by atoms with E-state index < -0.39 is 18.6 Å². The van der Waals surface area contributed by atoms with Crippen LogP contribution in [-0.4, -0.2) is 19.6 Å². The van der Waals surface area contributed by atoms with Crippen LogP contribution in [0.1, 0.15) is 142 Å². The highest BCUT2D eigenvalue weighted by molar-refractivity contribution is 5.98. The molecule has 0 fully saturated rings. The zero-order valence-electron chi connectivity index (χ0n) is 48.8. The van der Waals surface area contributed by atoms with Crippen LogP contribution in [0, 0.1) is 6.85 Å². The molecule has 0 unspecified atom stereocenters. The van der Waals surface area contributed by atoms with E-state index in [0.717, 1.165) is 61.3 Å². The summed E-state index contributed by atoms with van der Waals surface area (Å²) >= 11 is 0. The normalized spacial score (nSPS) is 13.9. The van der Waals surface area contributed by atoms with E-state index in [1.165, 1.54) is 5.56 Å². The van der Waals surface area contributed by atoms with Gasteiger partial charge >= 0.3 is 0 Å². The van der Waals surface area contributed by atoms with Crippen molar-refractivity contribution < 1.29 is 12.0 Å². The molecule has 0 spiro atoms. The standard InChI is InChI=1S/C67H71N3O/c1-41(2)48-37-55(42(3)4)63(71)58(38-48)64-69-62-54(49-34-50(36-53(35-49)67(12,13)14)59-39-47(31-32-68-59)44-23-27-51(28-24-44)65(6,7)8)21-18-22-60(62)70(64)61-33-43(5)56(40-57(61)45-19-16-15-17-20-45)46-25-29-52(30-26-46)66(9,10)11/h15-42,71H,1-14H3/i5D3,41D,42D. The van der Waals surface area contributed by atoms with Gasteiger partial charge in [-0.05, 0) is 150 Å². The molecule has 0 amide bonds. The molecule has 0 aliphatic carbocycles. The first-order chi connectivity index (χ1) is 35.4. The number of nitrogens with zero attached hydrogens (tertiary/aromatic N) is 3. The summed E-state index contributed by atoms with van der Waals surface area (Å²) in [6.07, 6.45) is 1.87. The van der Waals surface area contributed by atoms with Gasteiger partial charge in [-0.25, -0.2) is 4.98 Å². The van der Waals surface area contributed by atoms with Gasteiger partial charge < -0.3 is 5.11 Å². The Kier molecular flexibility index (Phi) is 11.2. The van der Waals surface area contributed by atoms with E-state index in [1.54, 1.807) is 45.9 Å². The van der Waals surface area contributed by atoms with E-state index >= 15 is 0 Å². The van der Waals surface area contributed by atoms with Crippen molar-refractivity contribution in [1.82, 2.24) is 14.5 Å². The van der Waals surface area contributed by atoms with Crippen LogP contribution < -0.4 is 0 Å². The van der Waals surface area contributed by atoms with Gasteiger partial charge in [0.2, 0.25) is 0 Å². The number of pyridine rings is 1. The molecule has 0 aliphatic heterocycles. The molecule has 0 atom stereocenters. The number of aromatic nitrogens is 3. The van der Waals surface area contributed by atoms with Crippen molar-refractivity contribution in [3.63, 3.8) is 0 Å². The molecule has 1 N–H and O–H groups in total. The second kappa shape index (κ2) is 18.6. The number of rotatable bonds is 9. The van der Waals surface area contributed by atoms with Crippen LogP contribution in [-0.2, 0) is 16.2 Å². The summed E-state index contributed by atoms with van der Waals surface area (Å²) in [5, 5.41) is 12.6. The van der Waals surface area contributed by atoms with Crippen LogP contribution in [0.2, 0.25) is 0 Å². The first-order valence-corrected chi connectivity index (χ1v) is 24.9. The molecule has 9 aromatic rings. The van der Waals surface area contributed by atoms with Gasteiger partial charge in [0.25, 0.3) is 0 Å². The van der Waals surface area contributed by atoms with Crippen LogP contribution in [0.15, 0.2) is 158 Å². The Hall–Kier alpha value is -7.04. The maximum atomic E-state index is 12.6. The summed E-state index contributed by atoms with van der Waals surface area (Å²) in [7, 11) is 0. The third kappa shape index (κ3) is 9.74. The maximum absolute atomic E-state index is 12.6. The number of fused-ring (bicyclic) bond motifs is 1. The van der Waals surface area contributed by atoms with Crippen molar-refractivity contribution in [1.29, 1.82) is 0 Å². The summed E-state index contributed by atoms with van der Waals surface area (Å²) in [5.74, 6) is -2.17. The average Bonchev–Trinajstić information content (AvgIpc) is 3.74. The molecule has 0 aliphatic rings. The minimum Gasteiger partial charge on any atom is -0.507 e. The lowest BCUT2D eigenvalue weighted by molar-refractivity contribution is 0.466. The van der Waals surface area contributed by atoms with Crippen LogP contribution >= 0.6 is 0 Å². The number of phenols is 1. The summed E-state index contributed by atoms with van der Waals surface area (Å²) < 4.78 is 47.9. The Morgan fingerprint density at radius 1 is 0.507 bits per heavy atom. The van der Waals surface area contributed by atoms with Gasteiger partial charge in [0.05, 0.1) is 28.0 Å². The van der Waals surface area contributed by atoms with E-state index in [9.17, 15) is 7.85 Å².